The van der Waals surface area contributed by atoms with E-state index in [4.69, 9.17) is 27.6 Å². The molecule has 0 bridgehead atoms. The van der Waals surface area contributed by atoms with E-state index >= 15 is 4.79 Å². The molecule has 6 heteroatoms. The lowest BCUT2D eigenvalue weighted by Gasteiger charge is -2.53. The standard InChI is InChI=1S/C42H47Cl2NO2Si/c1-6-26-42(5)28-37(32-14-13-15-34(44)27-32)39(31-22-24-33(43)25-23-31)45(40(42)46)38(30-20-21-30)29-47-48(41(2,3)4,35-16-9-7-10-17-35)36-18-11-8-12-19-36/h6-19,22-25,27,30,37-39H,1,20-21,26,28-29H2,2-5H3/t37-,38?,39?,42?/m1/s1. The SMILES string of the molecule is C=CCC1(C)C[C@H](c2cccc(Cl)c2)C(c2ccc(Cl)cc2)N(C(CO[Si](c2ccccc2)(c2ccccc2)C(C)(C)C)C2CC2)C1=O. The summed E-state index contributed by atoms with van der Waals surface area (Å²) in [6.45, 7) is 13.6. The smallest absolute Gasteiger partial charge is 0.261 e. The van der Waals surface area contributed by atoms with E-state index in [-0.39, 0.29) is 28.9 Å². The van der Waals surface area contributed by atoms with Crippen molar-refractivity contribution in [2.24, 2.45) is 11.3 Å². The Labute approximate surface area is 298 Å². The fourth-order valence-corrected chi connectivity index (χ4v) is 13.0. The van der Waals surface area contributed by atoms with Gasteiger partial charge in [0.2, 0.25) is 5.91 Å². The molecule has 3 unspecified atom stereocenters. The molecule has 4 atom stereocenters. The van der Waals surface area contributed by atoms with Crippen LogP contribution in [0.25, 0.3) is 0 Å². The second-order valence-corrected chi connectivity index (χ2v) is 20.2. The number of likely N-dealkylation sites (tertiary alicyclic amines) is 1. The van der Waals surface area contributed by atoms with Gasteiger partial charge in [-0.1, -0.05) is 142 Å². The first-order chi connectivity index (χ1) is 23.0. The highest BCUT2D eigenvalue weighted by molar-refractivity contribution is 6.99. The van der Waals surface area contributed by atoms with Crippen molar-refractivity contribution < 1.29 is 9.22 Å². The van der Waals surface area contributed by atoms with Crippen molar-refractivity contribution in [2.45, 2.75) is 76.4 Å². The van der Waals surface area contributed by atoms with Crippen LogP contribution < -0.4 is 10.4 Å². The third kappa shape index (κ3) is 6.70. The highest BCUT2D eigenvalue weighted by atomic mass is 35.5. The number of hydrogen-bond donors (Lipinski definition) is 0. The van der Waals surface area contributed by atoms with Gasteiger partial charge >= 0.3 is 0 Å². The van der Waals surface area contributed by atoms with Gasteiger partial charge in [-0.3, -0.25) is 4.79 Å². The molecular weight excluding hydrogens is 649 g/mol. The van der Waals surface area contributed by atoms with Crippen molar-refractivity contribution in [1.29, 1.82) is 0 Å². The molecule has 250 valence electrons. The number of hydrogen-bond acceptors (Lipinski definition) is 2. The van der Waals surface area contributed by atoms with Gasteiger partial charge < -0.3 is 9.33 Å². The minimum Gasteiger partial charge on any atom is -0.405 e. The molecule has 1 saturated heterocycles. The average Bonchev–Trinajstić information content (AvgIpc) is 3.91. The quantitative estimate of drug-likeness (QED) is 0.115. The lowest BCUT2D eigenvalue weighted by Crippen LogP contribution is -2.68. The fraction of sp³-hybridized carbons (Fsp3) is 0.357. The number of nitrogens with zero attached hydrogens (tertiary/aromatic N) is 1. The lowest BCUT2D eigenvalue weighted by atomic mass is 9.67. The zero-order chi connectivity index (χ0) is 34.1. The Kier molecular flexibility index (Phi) is 10.1. The van der Waals surface area contributed by atoms with Gasteiger partial charge in [-0.2, -0.15) is 0 Å². The lowest BCUT2D eigenvalue weighted by molar-refractivity contribution is -0.156. The molecule has 48 heavy (non-hydrogen) atoms. The summed E-state index contributed by atoms with van der Waals surface area (Å²) in [5, 5.41) is 3.69. The number of amides is 1. The Morgan fingerprint density at radius 3 is 2.00 bits per heavy atom. The predicted octanol–water partition coefficient (Wildman–Crippen LogP) is 9.99. The number of halogens is 2. The molecule has 0 radical (unpaired) electrons. The second-order valence-electron chi connectivity index (χ2n) is 15.0. The molecule has 0 spiro atoms. The summed E-state index contributed by atoms with van der Waals surface area (Å²) in [5.41, 5.74) is 1.59. The Morgan fingerprint density at radius 2 is 1.48 bits per heavy atom. The minimum absolute atomic E-state index is 0.0154. The zero-order valence-corrected chi connectivity index (χ0v) is 31.1. The summed E-state index contributed by atoms with van der Waals surface area (Å²) in [6, 6.07) is 37.5. The van der Waals surface area contributed by atoms with E-state index in [1.807, 2.05) is 30.3 Å². The van der Waals surface area contributed by atoms with Gasteiger partial charge in [0.1, 0.15) is 0 Å². The number of allylic oxidation sites excluding steroid dienone is 1. The van der Waals surface area contributed by atoms with Crippen molar-refractivity contribution in [2.75, 3.05) is 6.61 Å². The molecule has 1 saturated carbocycles. The van der Waals surface area contributed by atoms with Crippen LogP contribution in [0.5, 0.6) is 0 Å². The van der Waals surface area contributed by atoms with E-state index < -0.39 is 13.7 Å². The molecule has 1 heterocycles. The zero-order valence-electron chi connectivity index (χ0n) is 28.5. The molecule has 4 aromatic rings. The van der Waals surface area contributed by atoms with Crippen molar-refractivity contribution in [3.63, 3.8) is 0 Å². The van der Waals surface area contributed by atoms with E-state index in [1.54, 1.807) is 0 Å². The maximum atomic E-state index is 15.1. The predicted molar refractivity (Wildman–Crippen MR) is 203 cm³/mol. The third-order valence-corrected chi connectivity index (χ3v) is 16.1. The van der Waals surface area contributed by atoms with E-state index in [0.717, 1.165) is 24.0 Å². The van der Waals surface area contributed by atoms with Crippen LogP contribution in [0.4, 0.5) is 0 Å². The van der Waals surface area contributed by atoms with Crippen LogP contribution in [0, 0.1) is 11.3 Å². The molecule has 3 nitrogen and oxygen atoms in total. The van der Waals surface area contributed by atoms with Crippen LogP contribution in [0.3, 0.4) is 0 Å². The first kappa shape index (κ1) is 34.7. The van der Waals surface area contributed by atoms with Gasteiger partial charge in [-0.25, -0.2) is 0 Å². The summed E-state index contributed by atoms with van der Waals surface area (Å²) < 4.78 is 7.61. The maximum Gasteiger partial charge on any atom is 0.261 e. The van der Waals surface area contributed by atoms with E-state index in [1.165, 1.54) is 10.4 Å². The van der Waals surface area contributed by atoms with Gasteiger partial charge in [-0.15, -0.1) is 6.58 Å². The van der Waals surface area contributed by atoms with E-state index in [2.05, 4.69) is 124 Å². The summed E-state index contributed by atoms with van der Waals surface area (Å²) in [6.07, 6.45) is 5.34. The van der Waals surface area contributed by atoms with E-state index in [9.17, 15) is 0 Å². The highest BCUT2D eigenvalue weighted by Gasteiger charge is 2.55. The average molecular weight is 697 g/mol. The molecule has 1 aliphatic heterocycles. The third-order valence-electron chi connectivity index (χ3n) is 10.6. The molecule has 1 aliphatic carbocycles. The largest absolute Gasteiger partial charge is 0.405 e. The van der Waals surface area contributed by atoms with Crippen LogP contribution in [-0.2, 0) is 9.22 Å². The van der Waals surface area contributed by atoms with Gasteiger partial charge in [0.15, 0.2) is 0 Å². The van der Waals surface area contributed by atoms with Gasteiger partial charge in [0, 0.05) is 16.0 Å². The van der Waals surface area contributed by atoms with E-state index in [0.29, 0.717) is 35.4 Å². The number of rotatable bonds is 11. The summed E-state index contributed by atoms with van der Waals surface area (Å²) in [5.74, 6) is 0.540. The summed E-state index contributed by atoms with van der Waals surface area (Å²) in [4.78, 5) is 17.4. The van der Waals surface area contributed by atoms with Gasteiger partial charge in [0.05, 0.1) is 24.1 Å². The second kappa shape index (κ2) is 14.0. The number of carbonyl (C=O) groups excluding carboxylic acids is 1. The minimum atomic E-state index is -2.85. The Morgan fingerprint density at radius 1 is 0.875 bits per heavy atom. The molecule has 2 fully saturated rings. The number of benzene rings is 4. The molecule has 6 rings (SSSR count). The van der Waals surface area contributed by atoms with Crippen molar-refractivity contribution in [1.82, 2.24) is 4.90 Å². The molecule has 4 aromatic carbocycles. The molecule has 0 N–H and O–H groups in total. The summed E-state index contributed by atoms with van der Waals surface area (Å²) >= 11 is 13.1. The van der Waals surface area contributed by atoms with Gasteiger partial charge in [0.25, 0.3) is 8.32 Å². The van der Waals surface area contributed by atoms with Crippen LogP contribution in [0.2, 0.25) is 15.1 Å². The van der Waals surface area contributed by atoms with Crippen molar-refractivity contribution >= 4 is 47.8 Å². The Hall–Kier alpha value is -3.15. The van der Waals surface area contributed by atoms with Crippen molar-refractivity contribution in [3.8, 4) is 0 Å². The van der Waals surface area contributed by atoms with Crippen LogP contribution in [-0.4, -0.2) is 31.8 Å². The first-order valence-electron chi connectivity index (χ1n) is 17.2. The van der Waals surface area contributed by atoms with Crippen LogP contribution in [0.1, 0.15) is 76.5 Å². The molecular formula is C42H47Cl2NO2Si. The fourth-order valence-electron chi connectivity index (χ4n) is 8.15. The monoisotopic (exact) mass is 695 g/mol. The highest BCUT2D eigenvalue weighted by Crippen LogP contribution is 2.54. The molecule has 1 amide bonds. The molecule has 0 aromatic heterocycles. The Bertz CT molecular complexity index is 1680. The van der Waals surface area contributed by atoms with Crippen LogP contribution >= 0.6 is 23.2 Å². The van der Waals surface area contributed by atoms with Crippen molar-refractivity contribution in [3.05, 3.63) is 143 Å². The normalized spacial score (nSPS) is 22.4. The maximum absolute atomic E-state index is 15.1. The molecule has 2 aliphatic rings. The number of piperidine rings is 1. The van der Waals surface area contributed by atoms with Crippen LogP contribution in [0.15, 0.2) is 122 Å². The topological polar surface area (TPSA) is 29.5 Å². The Balaban J connectivity index is 1.51. The number of carbonyl (C=O) groups is 1. The summed E-state index contributed by atoms with van der Waals surface area (Å²) in [7, 11) is -2.85. The van der Waals surface area contributed by atoms with Gasteiger partial charge in [-0.05, 0) is 82.4 Å². The first-order valence-corrected chi connectivity index (χ1v) is 19.8.